The highest BCUT2D eigenvalue weighted by atomic mass is 32.1. The van der Waals surface area contributed by atoms with Gasteiger partial charge in [0.2, 0.25) is 0 Å². The third-order valence-corrected chi connectivity index (χ3v) is 4.14. The van der Waals surface area contributed by atoms with Gasteiger partial charge in [-0.25, -0.2) is 0 Å². The largest absolute Gasteiger partial charge is 0.481 e. The van der Waals surface area contributed by atoms with Crippen molar-refractivity contribution in [2.75, 3.05) is 11.4 Å². The number of thiophene rings is 1. The number of aliphatic carboxylic acids is 1. The van der Waals surface area contributed by atoms with Gasteiger partial charge < -0.3 is 10.0 Å². The molecule has 0 unspecified atom stereocenters. The molecule has 1 aromatic heterocycles. The third kappa shape index (κ3) is 3.70. The monoisotopic (exact) mass is 303 g/mol. The molecule has 0 saturated heterocycles. The van der Waals surface area contributed by atoms with Crippen LogP contribution in [0.1, 0.15) is 26.5 Å². The summed E-state index contributed by atoms with van der Waals surface area (Å²) in [4.78, 5) is 26.7. The number of carboxylic acid groups (broad SMARTS) is 1. The Morgan fingerprint density at radius 3 is 2.43 bits per heavy atom. The van der Waals surface area contributed by atoms with E-state index in [0.717, 1.165) is 16.1 Å². The Morgan fingerprint density at radius 1 is 1.14 bits per heavy atom. The molecular formula is C16H17NO3S. The predicted molar refractivity (Wildman–Crippen MR) is 84.2 cm³/mol. The lowest BCUT2D eigenvalue weighted by Crippen LogP contribution is -2.33. The molecule has 0 atom stereocenters. The number of benzene rings is 1. The first-order valence-electron chi connectivity index (χ1n) is 6.65. The van der Waals surface area contributed by atoms with Crippen LogP contribution in [-0.4, -0.2) is 23.5 Å². The summed E-state index contributed by atoms with van der Waals surface area (Å²) in [5.74, 6) is -1.06. The molecule has 0 aliphatic rings. The summed E-state index contributed by atoms with van der Waals surface area (Å²) < 4.78 is 0. The first kappa shape index (κ1) is 15.3. The van der Waals surface area contributed by atoms with Crippen LogP contribution in [0.4, 0.5) is 5.69 Å². The van der Waals surface area contributed by atoms with Crippen LogP contribution in [0.15, 0.2) is 36.4 Å². The molecule has 2 aromatic rings. The number of carbonyl (C=O) groups is 2. The Labute approximate surface area is 127 Å². The summed E-state index contributed by atoms with van der Waals surface area (Å²) >= 11 is 1.42. The van der Waals surface area contributed by atoms with Crippen molar-refractivity contribution in [3.8, 4) is 0 Å². The van der Waals surface area contributed by atoms with Gasteiger partial charge in [0.1, 0.15) is 0 Å². The minimum atomic E-state index is -0.913. The van der Waals surface area contributed by atoms with Crippen LogP contribution in [0.25, 0.3) is 0 Å². The Kier molecular flexibility index (Phi) is 4.75. The maximum atomic E-state index is 12.7. The summed E-state index contributed by atoms with van der Waals surface area (Å²) in [6.07, 6.45) is -0.0789. The standard InChI is InChI=1S/C16H17NO3S/c1-11-5-3-4-6-13(11)17(10-9-15(18)19)16(20)14-8-7-12(2)21-14/h3-8H,9-10H2,1-2H3,(H,18,19). The van der Waals surface area contributed by atoms with Gasteiger partial charge in [-0.05, 0) is 37.6 Å². The molecule has 1 amide bonds. The molecule has 0 saturated carbocycles. The molecule has 0 radical (unpaired) electrons. The molecular weight excluding hydrogens is 286 g/mol. The highest BCUT2D eigenvalue weighted by Gasteiger charge is 2.21. The van der Waals surface area contributed by atoms with Gasteiger partial charge in [0.25, 0.3) is 5.91 Å². The summed E-state index contributed by atoms with van der Waals surface area (Å²) in [7, 11) is 0. The molecule has 1 heterocycles. The Hall–Kier alpha value is -2.14. The summed E-state index contributed by atoms with van der Waals surface area (Å²) in [5.41, 5.74) is 1.71. The number of carbonyl (C=O) groups excluding carboxylic acids is 1. The van der Waals surface area contributed by atoms with E-state index in [1.54, 1.807) is 11.0 Å². The molecule has 0 spiro atoms. The van der Waals surface area contributed by atoms with Crippen LogP contribution < -0.4 is 4.90 Å². The second-order valence-corrected chi connectivity index (χ2v) is 6.09. The number of aryl methyl sites for hydroxylation is 2. The number of para-hydroxylation sites is 1. The zero-order valence-corrected chi connectivity index (χ0v) is 12.8. The van der Waals surface area contributed by atoms with Gasteiger partial charge in [-0.1, -0.05) is 18.2 Å². The van der Waals surface area contributed by atoms with Crippen molar-refractivity contribution in [1.82, 2.24) is 0 Å². The summed E-state index contributed by atoms with van der Waals surface area (Å²) in [6.45, 7) is 4.02. The molecule has 1 aromatic carbocycles. The number of hydrogen-bond donors (Lipinski definition) is 1. The fourth-order valence-corrected chi connectivity index (χ4v) is 2.90. The first-order valence-corrected chi connectivity index (χ1v) is 7.46. The second kappa shape index (κ2) is 6.54. The lowest BCUT2D eigenvalue weighted by atomic mass is 10.1. The number of anilines is 1. The molecule has 1 N–H and O–H groups in total. The van der Waals surface area contributed by atoms with Crippen molar-refractivity contribution in [2.24, 2.45) is 0 Å². The molecule has 21 heavy (non-hydrogen) atoms. The Balaban J connectivity index is 2.34. The Bertz CT molecular complexity index is 663. The van der Waals surface area contributed by atoms with E-state index in [1.165, 1.54) is 11.3 Å². The molecule has 5 heteroatoms. The van der Waals surface area contributed by atoms with Gasteiger partial charge in [-0.2, -0.15) is 0 Å². The van der Waals surface area contributed by atoms with Gasteiger partial charge >= 0.3 is 5.97 Å². The fraction of sp³-hybridized carbons (Fsp3) is 0.250. The quantitative estimate of drug-likeness (QED) is 0.920. The van der Waals surface area contributed by atoms with E-state index in [1.807, 2.05) is 44.2 Å². The van der Waals surface area contributed by atoms with Crippen molar-refractivity contribution in [2.45, 2.75) is 20.3 Å². The van der Waals surface area contributed by atoms with Crippen LogP contribution in [-0.2, 0) is 4.79 Å². The number of nitrogens with zero attached hydrogens (tertiary/aromatic N) is 1. The SMILES string of the molecule is Cc1ccc(C(=O)N(CCC(=O)O)c2ccccc2C)s1. The lowest BCUT2D eigenvalue weighted by molar-refractivity contribution is -0.136. The first-order chi connectivity index (χ1) is 9.99. The maximum Gasteiger partial charge on any atom is 0.305 e. The summed E-state index contributed by atoms with van der Waals surface area (Å²) in [6, 6.07) is 11.2. The average Bonchev–Trinajstić information content (AvgIpc) is 2.87. The van der Waals surface area contributed by atoms with Crippen molar-refractivity contribution in [1.29, 1.82) is 0 Å². The van der Waals surface area contributed by atoms with Gasteiger partial charge in [0.15, 0.2) is 0 Å². The van der Waals surface area contributed by atoms with Gasteiger partial charge in [0.05, 0.1) is 11.3 Å². The van der Waals surface area contributed by atoms with E-state index in [0.29, 0.717) is 4.88 Å². The molecule has 0 fully saturated rings. The van der Waals surface area contributed by atoms with E-state index in [-0.39, 0.29) is 18.9 Å². The van der Waals surface area contributed by atoms with Crippen LogP contribution >= 0.6 is 11.3 Å². The number of hydrogen-bond acceptors (Lipinski definition) is 3. The highest BCUT2D eigenvalue weighted by molar-refractivity contribution is 7.14. The number of carboxylic acids is 1. The minimum absolute atomic E-state index is 0.0789. The van der Waals surface area contributed by atoms with E-state index in [2.05, 4.69) is 0 Å². The highest BCUT2D eigenvalue weighted by Crippen LogP contribution is 2.24. The normalized spacial score (nSPS) is 10.4. The van der Waals surface area contributed by atoms with E-state index in [9.17, 15) is 9.59 Å². The molecule has 2 rings (SSSR count). The molecule has 0 aliphatic heterocycles. The van der Waals surface area contributed by atoms with E-state index >= 15 is 0 Å². The molecule has 0 aliphatic carbocycles. The van der Waals surface area contributed by atoms with Crippen LogP contribution in [0.5, 0.6) is 0 Å². The average molecular weight is 303 g/mol. The maximum absolute atomic E-state index is 12.7. The zero-order chi connectivity index (χ0) is 15.4. The van der Waals surface area contributed by atoms with E-state index < -0.39 is 5.97 Å². The van der Waals surface area contributed by atoms with Gasteiger partial charge in [-0.3, -0.25) is 9.59 Å². The van der Waals surface area contributed by atoms with Crippen LogP contribution in [0, 0.1) is 13.8 Å². The smallest absolute Gasteiger partial charge is 0.305 e. The molecule has 0 bridgehead atoms. The predicted octanol–water partition coefficient (Wildman–Crippen LogP) is 3.49. The minimum Gasteiger partial charge on any atom is -0.481 e. The number of amides is 1. The Morgan fingerprint density at radius 2 is 1.86 bits per heavy atom. The lowest BCUT2D eigenvalue weighted by Gasteiger charge is -2.23. The molecule has 4 nitrogen and oxygen atoms in total. The zero-order valence-electron chi connectivity index (χ0n) is 12.0. The van der Waals surface area contributed by atoms with Gasteiger partial charge in [-0.15, -0.1) is 11.3 Å². The van der Waals surface area contributed by atoms with Crippen molar-refractivity contribution >= 4 is 28.9 Å². The van der Waals surface area contributed by atoms with Gasteiger partial charge in [0, 0.05) is 17.1 Å². The summed E-state index contributed by atoms with van der Waals surface area (Å²) in [5, 5.41) is 8.90. The van der Waals surface area contributed by atoms with Crippen molar-refractivity contribution in [3.63, 3.8) is 0 Å². The third-order valence-electron chi connectivity index (χ3n) is 3.15. The fourth-order valence-electron chi connectivity index (χ4n) is 2.09. The van der Waals surface area contributed by atoms with Crippen molar-refractivity contribution < 1.29 is 14.7 Å². The van der Waals surface area contributed by atoms with E-state index in [4.69, 9.17) is 5.11 Å². The van der Waals surface area contributed by atoms with Crippen LogP contribution in [0.2, 0.25) is 0 Å². The van der Waals surface area contributed by atoms with Crippen molar-refractivity contribution in [3.05, 3.63) is 51.7 Å². The second-order valence-electron chi connectivity index (χ2n) is 4.80. The molecule has 110 valence electrons. The topological polar surface area (TPSA) is 57.6 Å². The number of rotatable bonds is 5. The van der Waals surface area contributed by atoms with Crippen LogP contribution in [0.3, 0.4) is 0 Å².